The van der Waals surface area contributed by atoms with Gasteiger partial charge in [-0.3, -0.25) is 5.41 Å². The molecule has 0 aliphatic carbocycles. The molecular weight excluding hydrogens is 495 g/mol. The molecule has 34 heavy (non-hydrogen) atoms. The van der Waals surface area contributed by atoms with Crippen molar-refractivity contribution in [1.82, 2.24) is 0 Å². The average molecular weight is 513 g/mol. The van der Waals surface area contributed by atoms with Crippen molar-refractivity contribution in [3.8, 4) is 0 Å². The zero-order valence-electron chi connectivity index (χ0n) is 17.8. The van der Waals surface area contributed by atoms with Gasteiger partial charge in [0.2, 0.25) is 0 Å². The Morgan fingerprint density at radius 3 is 1.94 bits per heavy atom. The quantitative estimate of drug-likeness (QED) is 0.171. The van der Waals surface area contributed by atoms with E-state index in [1.165, 1.54) is 18.2 Å². The minimum absolute atomic E-state index is 0.0461. The van der Waals surface area contributed by atoms with E-state index in [9.17, 15) is 35.5 Å². The largest absolute Gasteiger partial charge is 0.593 e. The minimum atomic E-state index is -6.26. The molecule has 2 aromatic rings. The lowest BCUT2D eigenvalue weighted by Crippen LogP contribution is -2.50. The lowest BCUT2D eigenvalue weighted by molar-refractivity contribution is -0.348. The maximum Gasteiger partial charge on any atom is 0.435 e. The number of esters is 1. The normalized spacial score (nSPS) is 13.1. The fourth-order valence-electron chi connectivity index (χ4n) is 3.33. The van der Waals surface area contributed by atoms with Gasteiger partial charge in [-0.15, -0.1) is 0 Å². The molecular formula is C22H18ClF7NO3+. The predicted octanol–water partition coefficient (Wildman–Crippen LogP) is 6.17. The van der Waals surface area contributed by atoms with Gasteiger partial charge < -0.3 is 9.84 Å². The average Bonchev–Trinajstić information content (AvgIpc) is 2.70. The van der Waals surface area contributed by atoms with Crippen LogP contribution in [0.15, 0.2) is 36.4 Å². The Morgan fingerprint density at radius 1 is 1.00 bits per heavy atom. The molecule has 0 unspecified atom stereocenters. The summed E-state index contributed by atoms with van der Waals surface area (Å²) >= 11 is 5.92. The Hall–Kier alpha value is -3.08. The number of carbonyl (C=O) groups is 1. The zero-order valence-corrected chi connectivity index (χ0v) is 18.6. The predicted molar refractivity (Wildman–Crippen MR) is 112 cm³/mol. The number of benzene rings is 2. The summed E-state index contributed by atoms with van der Waals surface area (Å²) in [4.78, 5) is 11.8. The van der Waals surface area contributed by atoms with Crippen molar-refractivity contribution in [2.45, 2.75) is 31.9 Å². The number of hydrogen-bond donors (Lipinski definition) is 1. The summed E-state index contributed by atoms with van der Waals surface area (Å²) in [6.07, 6.45) is -11.5. The maximum atomic E-state index is 14.4. The Bertz CT molecular complexity index is 1130. The number of carbonyl (C=O) groups excluding carboxylic acids is 1. The Morgan fingerprint density at radius 2 is 1.50 bits per heavy atom. The highest BCUT2D eigenvalue weighted by molar-refractivity contribution is 6.33. The maximum absolute atomic E-state index is 14.4. The highest BCUT2D eigenvalue weighted by atomic mass is 35.5. The van der Waals surface area contributed by atoms with Crippen LogP contribution in [0.3, 0.4) is 0 Å². The molecule has 184 valence electrons. The number of ether oxygens (including phenoxy) is 1. The first-order valence-corrected chi connectivity index (χ1v) is 9.68. The number of aryl methyl sites for hydroxylation is 2. The van der Waals surface area contributed by atoms with Crippen LogP contribution in [0.5, 0.6) is 0 Å². The van der Waals surface area contributed by atoms with E-state index < -0.39 is 35.3 Å². The molecule has 0 atom stereocenters. The van der Waals surface area contributed by atoms with Crippen LogP contribution < -0.4 is 0 Å². The van der Waals surface area contributed by atoms with Crippen LogP contribution in [-0.2, 0) is 10.4 Å². The van der Waals surface area contributed by atoms with E-state index in [1.807, 2.05) is 0 Å². The summed E-state index contributed by atoms with van der Waals surface area (Å²) in [5, 5.41) is 16.4. The van der Waals surface area contributed by atoms with Crippen LogP contribution in [0.2, 0.25) is 5.02 Å². The first-order valence-electron chi connectivity index (χ1n) is 9.30. The van der Waals surface area contributed by atoms with Crippen LogP contribution in [0.4, 0.5) is 30.7 Å². The van der Waals surface area contributed by atoms with Gasteiger partial charge in [0.05, 0.1) is 35.0 Å². The number of allylic oxidation sites excluding steroid dienone is 1. The van der Waals surface area contributed by atoms with Crippen molar-refractivity contribution in [3.05, 3.63) is 74.8 Å². The second-order valence-electron chi connectivity index (χ2n) is 7.30. The summed E-state index contributed by atoms with van der Waals surface area (Å²) in [5.41, 5.74) is -8.14. The van der Waals surface area contributed by atoms with Crippen LogP contribution in [0.1, 0.15) is 38.2 Å². The van der Waals surface area contributed by atoms with Gasteiger partial charge in [-0.1, -0.05) is 23.7 Å². The summed E-state index contributed by atoms with van der Waals surface area (Å²) < 4.78 is 97.6. The van der Waals surface area contributed by atoms with Gasteiger partial charge in [0.25, 0.3) is 5.76 Å². The topological polar surface area (TPSA) is 73.1 Å². The number of hydrogen-bond acceptors (Lipinski definition) is 3. The van der Waals surface area contributed by atoms with Crippen LogP contribution >= 0.6 is 11.6 Å². The number of alkyl halides is 7. The molecule has 4 nitrogen and oxygen atoms in total. The van der Waals surface area contributed by atoms with Crippen molar-refractivity contribution in [2.75, 3.05) is 7.11 Å². The Balaban J connectivity index is 2.55. The van der Waals surface area contributed by atoms with Crippen molar-refractivity contribution in [3.63, 3.8) is 0 Å². The Kier molecular flexibility index (Phi) is 7.42. The Labute approximate surface area is 194 Å². The first kappa shape index (κ1) is 27.2. The molecule has 0 amide bonds. The van der Waals surface area contributed by atoms with Crippen molar-refractivity contribution >= 4 is 29.0 Å². The second-order valence-corrected chi connectivity index (χ2v) is 7.70. The number of nitrogens with one attached hydrogen (secondary N) is 1. The molecule has 0 saturated carbocycles. The SMILES string of the molecule is COC(=O)c1cc(/C([OH2+])=C/C(=N)c2c(C)cc(C(F)(C(F)(F)F)C(F)(F)F)cc2C)ccc1Cl. The molecule has 0 saturated heterocycles. The summed E-state index contributed by atoms with van der Waals surface area (Å²) in [6.45, 7) is 2.26. The molecule has 0 heterocycles. The molecule has 0 radical (unpaired) electrons. The van der Waals surface area contributed by atoms with E-state index in [1.54, 1.807) is 0 Å². The molecule has 0 aliphatic heterocycles. The van der Waals surface area contributed by atoms with Crippen LogP contribution in [0, 0.1) is 19.3 Å². The van der Waals surface area contributed by atoms with Crippen molar-refractivity contribution in [1.29, 1.82) is 5.41 Å². The van der Waals surface area contributed by atoms with E-state index >= 15 is 0 Å². The first-order chi connectivity index (χ1) is 15.5. The fraction of sp³-hybridized carbons (Fsp3) is 0.273. The smallest absolute Gasteiger partial charge is 0.435 e. The summed E-state index contributed by atoms with van der Waals surface area (Å²) in [5.74, 6) is -1.08. The minimum Gasteiger partial charge on any atom is -0.593 e. The van der Waals surface area contributed by atoms with E-state index in [2.05, 4.69) is 4.74 Å². The number of rotatable bonds is 5. The van der Waals surface area contributed by atoms with E-state index in [4.69, 9.17) is 22.1 Å². The monoisotopic (exact) mass is 512 g/mol. The van der Waals surface area contributed by atoms with Gasteiger partial charge in [-0.25, -0.2) is 9.18 Å². The van der Waals surface area contributed by atoms with Gasteiger partial charge in [0.1, 0.15) is 0 Å². The van der Waals surface area contributed by atoms with Gasteiger partial charge in [-0.2, -0.15) is 26.3 Å². The van der Waals surface area contributed by atoms with Gasteiger partial charge in [0, 0.05) is 11.1 Å². The van der Waals surface area contributed by atoms with Crippen molar-refractivity contribution < 1.29 is 45.4 Å². The van der Waals surface area contributed by atoms with Gasteiger partial charge in [0.15, 0.2) is 0 Å². The molecule has 2 aromatic carbocycles. The molecule has 0 aliphatic rings. The van der Waals surface area contributed by atoms with E-state index in [-0.39, 0.29) is 38.6 Å². The highest BCUT2D eigenvalue weighted by Crippen LogP contribution is 2.53. The third-order valence-electron chi connectivity index (χ3n) is 4.95. The van der Waals surface area contributed by atoms with Crippen LogP contribution in [-0.4, -0.2) is 36.2 Å². The second kappa shape index (κ2) is 9.28. The van der Waals surface area contributed by atoms with Crippen molar-refractivity contribution in [2.24, 2.45) is 0 Å². The highest BCUT2D eigenvalue weighted by Gasteiger charge is 2.73. The number of halogens is 8. The van der Waals surface area contributed by atoms with E-state index in [0.29, 0.717) is 12.1 Å². The lowest BCUT2D eigenvalue weighted by atomic mass is 9.87. The molecule has 0 spiro atoms. The zero-order chi connectivity index (χ0) is 26.2. The summed E-state index contributed by atoms with van der Waals surface area (Å²) in [6, 6.07) is 4.68. The van der Waals surface area contributed by atoms with E-state index in [0.717, 1.165) is 27.0 Å². The van der Waals surface area contributed by atoms with Gasteiger partial charge in [-0.05, 0) is 43.2 Å². The lowest BCUT2D eigenvalue weighted by Gasteiger charge is -2.31. The molecule has 0 aromatic heterocycles. The summed E-state index contributed by atoms with van der Waals surface area (Å²) in [7, 11) is 1.12. The van der Waals surface area contributed by atoms with Gasteiger partial charge >= 0.3 is 24.0 Å². The fourth-order valence-corrected chi connectivity index (χ4v) is 3.53. The molecule has 2 rings (SSSR count). The molecule has 12 heteroatoms. The third-order valence-corrected chi connectivity index (χ3v) is 5.28. The number of methoxy groups -OCH3 is 1. The molecule has 3 N–H and O–H groups in total. The third kappa shape index (κ3) is 4.89. The molecule has 0 fully saturated rings. The van der Waals surface area contributed by atoms with Crippen LogP contribution in [0.25, 0.3) is 5.76 Å². The standard InChI is InChI=1S/C22H17ClF7NO3/c1-10-6-13(20(24,21(25,26)27)22(28,29)30)7-11(2)18(10)16(31)9-17(32)12-4-5-15(23)14(8-12)19(33)34-3/h4-9,31-32H,1-3H3/p+1/b17-9-,31-16?. The molecule has 0 bridgehead atoms.